The van der Waals surface area contributed by atoms with Crippen LogP contribution in [0.25, 0.3) is 0 Å². The summed E-state index contributed by atoms with van der Waals surface area (Å²) >= 11 is 0. The molecule has 4 nitrogen and oxygen atoms in total. The predicted molar refractivity (Wildman–Crippen MR) is 74.7 cm³/mol. The van der Waals surface area contributed by atoms with Gasteiger partial charge >= 0.3 is 0 Å². The molecule has 19 heavy (non-hydrogen) atoms. The largest absolute Gasteiger partial charge is 0.496 e. The Labute approximate surface area is 114 Å². The molecule has 0 bridgehead atoms. The lowest BCUT2D eigenvalue weighted by Gasteiger charge is -2.30. The van der Waals surface area contributed by atoms with Gasteiger partial charge < -0.3 is 15.4 Å². The van der Waals surface area contributed by atoms with Crippen LogP contribution in [0.15, 0.2) is 18.2 Å². The van der Waals surface area contributed by atoms with E-state index in [1.54, 1.807) is 7.11 Å². The van der Waals surface area contributed by atoms with Gasteiger partial charge in [0.2, 0.25) is 5.91 Å². The fourth-order valence-corrected chi connectivity index (χ4v) is 2.57. The molecule has 1 aliphatic rings. The number of benzene rings is 1. The lowest BCUT2D eigenvalue weighted by molar-refractivity contribution is -0.138. The van der Waals surface area contributed by atoms with Gasteiger partial charge in [0.1, 0.15) is 5.75 Å². The van der Waals surface area contributed by atoms with Crippen LogP contribution in [0.2, 0.25) is 0 Å². The third-order valence-corrected chi connectivity index (χ3v) is 3.74. The molecule has 104 valence electrons. The van der Waals surface area contributed by atoms with Crippen molar-refractivity contribution in [3.63, 3.8) is 0 Å². The fourth-order valence-electron chi connectivity index (χ4n) is 2.57. The van der Waals surface area contributed by atoms with Crippen molar-refractivity contribution in [2.75, 3.05) is 13.7 Å². The van der Waals surface area contributed by atoms with Crippen LogP contribution in [0.5, 0.6) is 5.75 Å². The number of carbonyl (C=O) groups excluding carboxylic acids is 1. The van der Waals surface area contributed by atoms with Crippen LogP contribution < -0.4 is 10.5 Å². The van der Waals surface area contributed by atoms with Crippen LogP contribution in [0.4, 0.5) is 0 Å². The summed E-state index contributed by atoms with van der Waals surface area (Å²) in [6, 6.07) is 5.98. The molecular weight excluding hydrogens is 240 g/mol. The van der Waals surface area contributed by atoms with Gasteiger partial charge in [-0.2, -0.15) is 0 Å². The Hall–Kier alpha value is -1.55. The Kier molecular flexibility index (Phi) is 4.43. The number of carbonyl (C=O) groups is 1. The second kappa shape index (κ2) is 6.06. The van der Waals surface area contributed by atoms with E-state index in [1.807, 2.05) is 30.0 Å². The van der Waals surface area contributed by atoms with Crippen molar-refractivity contribution in [3.05, 3.63) is 29.3 Å². The number of rotatable bonds is 4. The van der Waals surface area contributed by atoms with Crippen molar-refractivity contribution in [1.29, 1.82) is 0 Å². The highest BCUT2D eigenvalue weighted by molar-refractivity contribution is 5.79. The predicted octanol–water partition coefficient (Wildman–Crippen LogP) is 1.91. The monoisotopic (exact) mass is 262 g/mol. The van der Waals surface area contributed by atoms with Crippen molar-refractivity contribution >= 4 is 5.91 Å². The minimum atomic E-state index is 0.152. The molecule has 0 aromatic heterocycles. The SMILES string of the molecule is COc1cc(CN2CCCC(C)C2=O)ccc1CN. The van der Waals surface area contributed by atoms with E-state index in [9.17, 15) is 4.79 Å². The van der Waals surface area contributed by atoms with E-state index in [1.165, 1.54) is 0 Å². The second-order valence-electron chi connectivity index (χ2n) is 5.15. The van der Waals surface area contributed by atoms with Crippen molar-refractivity contribution in [3.8, 4) is 5.75 Å². The van der Waals surface area contributed by atoms with E-state index < -0.39 is 0 Å². The molecule has 1 atom stereocenters. The molecule has 0 radical (unpaired) electrons. The molecule has 0 saturated carbocycles. The zero-order valence-electron chi connectivity index (χ0n) is 11.7. The number of amides is 1. The lowest BCUT2D eigenvalue weighted by atomic mass is 9.98. The normalized spacial score (nSPS) is 19.6. The summed E-state index contributed by atoms with van der Waals surface area (Å²) < 4.78 is 5.33. The highest BCUT2D eigenvalue weighted by Crippen LogP contribution is 2.23. The van der Waals surface area contributed by atoms with Gasteiger partial charge in [-0.25, -0.2) is 0 Å². The summed E-state index contributed by atoms with van der Waals surface area (Å²) in [4.78, 5) is 14.0. The smallest absolute Gasteiger partial charge is 0.225 e. The minimum Gasteiger partial charge on any atom is -0.496 e. The van der Waals surface area contributed by atoms with Gasteiger partial charge in [0.15, 0.2) is 0 Å². The first kappa shape index (κ1) is 13.9. The summed E-state index contributed by atoms with van der Waals surface area (Å²) in [5.74, 6) is 1.21. The van der Waals surface area contributed by atoms with Crippen molar-refractivity contribution in [2.45, 2.75) is 32.9 Å². The molecule has 1 unspecified atom stereocenters. The Morgan fingerprint density at radius 3 is 2.95 bits per heavy atom. The average molecular weight is 262 g/mol. The Morgan fingerprint density at radius 2 is 2.26 bits per heavy atom. The molecule has 1 amide bonds. The molecule has 4 heteroatoms. The first-order chi connectivity index (χ1) is 9.15. The number of hydrogen-bond acceptors (Lipinski definition) is 3. The van der Waals surface area contributed by atoms with Gasteiger partial charge in [-0.05, 0) is 24.5 Å². The van der Waals surface area contributed by atoms with Crippen LogP contribution in [0.3, 0.4) is 0 Å². The fraction of sp³-hybridized carbons (Fsp3) is 0.533. The standard InChI is InChI=1S/C15H22N2O2/c1-11-4-3-7-17(15(11)18)10-12-5-6-13(9-16)14(8-12)19-2/h5-6,8,11H,3-4,7,9-10,16H2,1-2H3. The summed E-state index contributed by atoms with van der Waals surface area (Å²) in [5.41, 5.74) is 7.74. The van der Waals surface area contributed by atoms with E-state index in [0.29, 0.717) is 13.1 Å². The zero-order chi connectivity index (χ0) is 13.8. The van der Waals surface area contributed by atoms with Crippen molar-refractivity contribution in [1.82, 2.24) is 4.90 Å². The Morgan fingerprint density at radius 1 is 1.47 bits per heavy atom. The zero-order valence-corrected chi connectivity index (χ0v) is 11.7. The van der Waals surface area contributed by atoms with E-state index >= 15 is 0 Å². The van der Waals surface area contributed by atoms with Gasteiger partial charge in [0, 0.05) is 31.1 Å². The molecular formula is C15H22N2O2. The number of nitrogens with two attached hydrogens (primary N) is 1. The van der Waals surface area contributed by atoms with E-state index in [4.69, 9.17) is 10.5 Å². The average Bonchev–Trinajstić information content (AvgIpc) is 2.43. The molecule has 1 saturated heterocycles. The summed E-state index contributed by atoms with van der Waals surface area (Å²) in [6.45, 7) is 3.98. The number of likely N-dealkylation sites (tertiary alicyclic amines) is 1. The maximum absolute atomic E-state index is 12.1. The number of piperidine rings is 1. The van der Waals surface area contributed by atoms with Crippen LogP contribution >= 0.6 is 0 Å². The van der Waals surface area contributed by atoms with E-state index in [2.05, 4.69) is 0 Å². The van der Waals surface area contributed by atoms with Crippen molar-refractivity contribution < 1.29 is 9.53 Å². The second-order valence-corrected chi connectivity index (χ2v) is 5.15. The third kappa shape index (κ3) is 3.07. The molecule has 0 spiro atoms. The van der Waals surface area contributed by atoms with Gasteiger partial charge in [-0.3, -0.25) is 4.79 Å². The van der Waals surface area contributed by atoms with Gasteiger partial charge in [-0.1, -0.05) is 19.1 Å². The minimum absolute atomic E-state index is 0.152. The summed E-state index contributed by atoms with van der Waals surface area (Å²) in [7, 11) is 1.65. The summed E-state index contributed by atoms with van der Waals surface area (Å²) in [6.07, 6.45) is 2.09. The number of hydrogen-bond donors (Lipinski definition) is 1. The number of methoxy groups -OCH3 is 1. The van der Waals surface area contributed by atoms with E-state index in [-0.39, 0.29) is 11.8 Å². The highest BCUT2D eigenvalue weighted by Gasteiger charge is 2.25. The van der Waals surface area contributed by atoms with Crippen LogP contribution in [-0.4, -0.2) is 24.5 Å². The maximum atomic E-state index is 12.1. The molecule has 1 aromatic rings. The van der Waals surface area contributed by atoms with Crippen molar-refractivity contribution in [2.24, 2.45) is 11.7 Å². The molecule has 1 fully saturated rings. The number of ether oxygens (including phenoxy) is 1. The van der Waals surface area contributed by atoms with Gasteiger partial charge in [0.25, 0.3) is 0 Å². The maximum Gasteiger partial charge on any atom is 0.225 e. The number of nitrogens with zero attached hydrogens (tertiary/aromatic N) is 1. The van der Waals surface area contributed by atoms with Crippen LogP contribution in [0, 0.1) is 5.92 Å². The molecule has 1 aliphatic heterocycles. The molecule has 2 N–H and O–H groups in total. The third-order valence-electron chi connectivity index (χ3n) is 3.74. The molecule has 1 heterocycles. The Bertz CT molecular complexity index is 459. The van der Waals surface area contributed by atoms with Crippen LogP contribution in [-0.2, 0) is 17.9 Å². The Balaban J connectivity index is 2.12. The van der Waals surface area contributed by atoms with E-state index in [0.717, 1.165) is 36.3 Å². The topological polar surface area (TPSA) is 55.6 Å². The lowest BCUT2D eigenvalue weighted by Crippen LogP contribution is -2.39. The van der Waals surface area contributed by atoms with Gasteiger partial charge in [-0.15, -0.1) is 0 Å². The summed E-state index contributed by atoms with van der Waals surface area (Å²) in [5, 5.41) is 0. The quantitative estimate of drug-likeness (QED) is 0.902. The van der Waals surface area contributed by atoms with Crippen LogP contribution in [0.1, 0.15) is 30.9 Å². The van der Waals surface area contributed by atoms with Gasteiger partial charge in [0.05, 0.1) is 7.11 Å². The first-order valence-corrected chi connectivity index (χ1v) is 6.80. The first-order valence-electron chi connectivity index (χ1n) is 6.80. The molecule has 0 aliphatic carbocycles. The molecule has 2 rings (SSSR count). The highest BCUT2D eigenvalue weighted by atomic mass is 16.5. The molecule has 1 aromatic carbocycles.